The van der Waals surface area contributed by atoms with Crippen LogP contribution in [0.25, 0.3) is 10.7 Å². The number of halogens is 2. The number of benzene rings is 1. The van der Waals surface area contributed by atoms with E-state index in [1.807, 2.05) is 20.8 Å². The first-order chi connectivity index (χ1) is 16.6. The van der Waals surface area contributed by atoms with Gasteiger partial charge >= 0.3 is 5.97 Å². The van der Waals surface area contributed by atoms with Gasteiger partial charge in [0.15, 0.2) is 11.7 Å². The molecule has 0 atom stereocenters. The van der Waals surface area contributed by atoms with Crippen LogP contribution in [0.1, 0.15) is 33.6 Å². The lowest BCUT2D eigenvalue weighted by molar-refractivity contribution is -0.156. The summed E-state index contributed by atoms with van der Waals surface area (Å²) in [5, 5.41) is 13.8. The summed E-state index contributed by atoms with van der Waals surface area (Å²) in [6.07, 6.45) is 3.79. The first-order valence-corrected chi connectivity index (χ1v) is 12.7. The van der Waals surface area contributed by atoms with E-state index in [0.29, 0.717) is 10.8 Å². The number of tetrazole rings is 1. The van der Waals surface area contributed by atoms with Gasteiger partial charge in [-0.2, -0.15) is 4.80 Å². The molecule has 2 aromatic heterocycles. The number of carbonyl (C=O) groups is 1. The average molecular weight is 520 g/mol. The summed E-state index contributed by atoms with van der Waals surface area (Å²) < 4.78 is 19.0. The van der Waals surface area contributed by atoms with E-state index >= 15 is 0 Å². The monoisotopic (exact) mass is 519 g/mol. The molecule has 1 aromatic carbocycles. The third kappa shape index (κ3) is 5.25. The van der Waals surface area contributed by atoms with Crippen molar-refractivity contribution in [3.63, 3.8) is 0 Å². The van der Waals surface area contributed by atoms with E-state index in [1.165, 1.54) is 28.3 Å². The lowest BCUT2D eigenvalue weighted by Crippen LogP contribution is -2.60. The summed E-state index contributed by atoms with van der Waals surface area (Å²) in [7, 11) is 0. The molecule has 0 N–H and O–H groups in total. The predicted octanol–water partition coefficient (Wildman–Crippen LogP) is 4.04. The maximum Gasteiger partial charge on any atom is 0.330 e. The van der Waals surface area contributed by atoms with Crippen LogP contribution in [0.2, 0.25) is 5.02 Å². The third-order valence-electron chi connectivity index (χ3n) is 6.25. The number of esters is 1. The molecule has 2 aliphatic rings. The van der Waals surface area contributed by atoms with Crippen LogP contribution in [0.3, 0.4) is 0 Å². The van der Waals surface area contributed by atoms with Crippen molar-refractivity contribution in [2.75, 3.05) is 36.0 Å². The van der Waals surface area contributed by atoms with Crippen molar-refractivity contribution in [2.24, 2.45) is 5.41 Å². The zero-order valence-electron chi connectivity index (χ0n) is 19.9. The summed E-state index contributed by atoms with van der Waals surface area (Å²) >= 11 is 7.80. The van der Waals surface area contributed by atoms with Crippen LogP contribution in [-0.4, -0.2) is 62.9 Å². The molecule has 0 radical (unpaired) electrons. The van der Waals surface area contributed by atoms with Crippen LogP contribution in [-0.2, 0) is 16.1 Å². The standard InChI is InChI=1S/C23H27ClFN7O2S/c1-22(2,3)34-19(33)12-32-28-20(27-29-32)18-11-26-21(35-18)31-13-23(14-31)6-8-30(9-7-23)17-10-15(25)4-5-16(17)24/h4-5,10-11H,6-9,12-14H2,1-3H3. The number of hydrogen-bond acceptors (Lipinski definition) is 9. The highest BCUT2D eigenvalue weighted by Gasteiger charge is 2.46. The minimum absolute atomic E-state index is 0.0948. The van der Waals surface area contributed by atoms with E-state index in [4.69, 9.17) is 16.3 Å². The summed E-state index contributed by atoms with van der Waals surface area (Å²) in [6, 6.07) is 4.52. The van der Waals surface area contributed by atoms with Crippen LogP contribution in [0.15, 0.2) is 24.4 Å². The van der Waals surface area contributed by atoms with E-state index in [-0.39, 0.29) is 17.8 Å². The third-order valence-corrected chi connectivity index (χ3v) is 7.63. The minimum atomic E-state index is -0.565. The van der Waals surface area contributed by atoms with Crippen molar-refractivity contribution in [3.05, 3.63) is 35.2 Å². The lowest BCUT2D eigenvalue weighted by Gasteiger charge is -2.54. The maximum atomic E-state index is 13.7. The number of piperidine rings is 1. The lowest BCUT2D eigenvalue weighted by atomic mass is 9.72. The van der Waals surface area contributed by atoms with Gasteiger partial charge in [-0.25, -0.2) is 14.2 Å². The quantitative estimate of drug-likeness (QED) is 0.467. The fraction of sp³-hybridized carbons (Fsp3) is 0.522. The number of thiazole rings is 1. The summed E-state index contributed by atoms with van der Waals surface area (Å²) in [5.74, 6) is -0.241. The zero-order chi connectivity index (χ0) is 24.8. The fourth-order valence-electron chi connectivity index (χ4n) is 4.58. The van der Waals surface area contributed by atoms with E-state index in [0.717, 1.165) is 54.7 Å². The van der Waals surface area contributed by atoms with Crippen LogP contribution < -0.4 is 9.80 Å². The molecule has 0 aliphatic carbocycles. The first-order valence-electron chi connectivity index (χ1n) is 11.5. The molecule has 186 valence electrons. The molecule has 0 saturated carbocycles. The van der Waals surface area contributed by atoms with Gasteiger partial charge in [0.25, 0.3) is 0 Å². The fourth-order valence-corrected chi connectivity index (χ4v) is 5.65. The Bertz CT molecular complexity index is 1220. The van der Waals surface area contributed by atoms with Crippen LogP contribution >= 0.6 is 22.9 Å². The van der Waals surface area contributed by atoms with Crippen LogP contribution in [0, 0.1) is 11.2 Å². The summed E-state index contributed by atoms with van der Waals surface area (Å²) in [6.45, 7) is 8.92. The van der Waals surface area contributed by atoms with Gasteiger partial charge in [0.1, 0.15) is 11.4 Å². The van der Waals surface area contributed by atoms with Crippen molar-refractivity contribution < 1.29 is 13.9 Å². The number of ether oxygens (including phenoxy) is 1. The molecule has 3 aromatic rings. The second-order valence-corrected chi connectivity index (χ2v) is 11.6. The predicted molar refractivity (Wildman–Crippen MR) is 132 cm³/mol. The molecule has 0 bridgehead atoms. The molecule has 4 heterocycles. The van der Waals surface area contributed by atoms with Gasteiger partial charge in [0.2, 0.25) is 5.82 Å². The minimum Gasteiger partial charge on any atom is -0.459 e. The number of carbonyl (C=O) groups excluding carboxylic acids is 1. The van der Waals surface area contributed by atoms with Crippen molar-refractivity contribution >= 4 is 39.7 Å². The smallest absolute Gasteiger partial charge is 0.330 e. The highest BCUT2D eigenvalue weighted by atomic mass is 35.5. The zero-order valence-corrected chi connectivity index (χ0v) is 21.4. The Morgan fingerprint density at radius 3 is 2.69 bits per heavy atom. The second kappa shape index (κ2) is 9.02. The Hall–Kier alpha value is -2.79. The largest absolute Gasteiger partial charge is 0.459 e. The van der Waals surface area contributed by atoms with Crippen molar-refractivity contribution in [1.29, 1.82) is 0 Å². The van der Waals surface area contributed by atoms with E-state index in [2.05, 4.69) is 30.2 Å². The molecular weight excluding hydrogens is 493 g/mol. The van der Waals surface area contributed by atoms with Gasteiger partial charge in [0, 0.05) is 31.6 Å². The maximum absolute atomic E-state index is 13.7. The molecular formula is C23H27ClFN7O2S. The summed E-state index contributed by atoms with van der Waals surface area (Å²) in [4.78, 5) is 23.0. The molecule has 0 unspecified atom stereocenters. The number of hydrogen-bond donors (Lipinski definition) is 0. The Kier molecular flexibility index (Phi) is 6.16. The van der Waals surface area contributed by atoms with Crippen LogP contribution in [0.4, 0.5) is 15.2 Å². The molecule has 1 spiro atoms. The Balaban J connectivity index is 1.16. The average Bonchev–Trinajstić information content (AvgIpc) is 3.42. The SMILES string of the molecule is CC(C)(C)OC(=O)Cn1nnc(-c2cnc(N3CC4(CCN(c5cc(F)ccc5Cl)CC4)C3)s2)n1. The van der Waals surface area contributed by atoms with Gasteiger partial charge in [-0.1, -0.05) is 22.9 Å². The Morgan fingerprint density at radius 1 is 1.23 bits per heavy atom. The highest BCUT2D eigenvalue weighted by molar-refractivity contribution is 7.18. The van der Waals surface area contributed by atoms with Crippen LogP contribution in [0.5, 0.6) is 0 Å². The summed E-state index contributed by atoms with van der Waals surface area (Å²) in [5.41, 5.74) is 0.455. The molecule has 0 amide bonds. The topological polar surface area (TPSA) is 89.3 Å². The molecule has 35 heavy (non-hydrogen) atoms. The van der Waals surface area contributed by atoms with Crippen molar-refractivity contribution in [3.8, 4) is 10.7 Å². The van der Waals surface area contributed by atoms with E-state index < -0.39 is 11.6 Å². The van der Waals surface area contributed by atoms with E-state index in [1.54, 1.807) is 12.3 Å². The molecule has 2 saturated heterocycles. The molecule has 5 rings (SSSR count). The first kappa shape index (κ1) is 23.9. The highest BCUT2D eigenvalue weighted by Crippen LogP contribution is 2.45. The number of rotatable bonds is 5. The van der Waals surface area contributed by atoms with Crippen molar-refractivity contribution in [2.45, 2.75) is 45.8 Å². The Morgan fingerprint density at radius 2 is 1.97 bits per heavy atom. The molecule has 9 nitrogen and oxygen atoms in total. The molecule has 12 heteroatoms. The normalized spacial score (nSPS) is 17.5. The van der Waals surface area contributed by atoms with Gasteiger partial charge in [-0.3, -0.25) is 0 Å². The number of aromatic nitrogens is 5. The van der Waals surface area contributed by atoms with Gasteiger partial charge in [-0.05, 0) is 57.0 Å². The second-order valence-electron chi connectivity index (χ2n) is 10.2. The number of nitrogens with zero attached hydrogens (tertiary/aromatic N) is 7. The molecule has 2 fully saturated rings. The van der Waals surface area contributed by atoms with E-state index in [9.17, 15) is 9.18 Å². The number of anilines is 2. The Labute approximate surface area is 211 Å². The van der Waals surface area contributed by atoms with Crippen molar-refractivity contribution in [1.82, 2.24) is 25.2 Å². The van der Waals surface area contributed by atoms with Gasteiger partial charge in [0.05, 0.1) is 21.8 Å². The van der Waals surface area contributed by atoms with Gasteiger partial charge < -0.3 is 14.5 Å². The molecule has 2 aliphatic heterocycles. The van der Waals surface area contributed by atoms with Gasteiger partial charge in [-0.15, -0.1) is 10.2 Å².